The Labute approximate surface area is 169 Å². The van der Waals surface area contributed by atoms with Crippen molar-refractivity contribution in [3.63, 3.8) is 0 Å². The molecule has 0 bridgehead atoms. The Hall–Kier alpha value is -1.49. The van der Waals surface area contributed by atoms with Crippen molar-refractivity contribution in [2.24, 2.45) is 5.92 Å². The first-order chi connectivity index (χ1) is 12.8. The molecule has 1 aromatic carbocycles. The van der Waals surface area contributed by atoms with Gasteiger partial charge in [-0.05, 0) is 71.1 Å². The summed E-state index contributed by atoms with van der Waals surface area (Å²) in [7, 11) is -3.50. The van der Waals surface area contributed by atoms with Crippen LogP contribution in [0.5, 0.6) is 0 Å². The number of hydrogen-bond acceptors (Lipinski definition) is 4. The Bertz CT molecular complexity index is 894. The second-order valence-corrected chi connectivity index (χ2v) is 10.7. The van der Waals surface area contributed by atoms with Crippen LogP contribution >= 0.6 is 27.3 Å². The first-order valence-electron chi connectivity index (χ1n) is 8.40. The number of piperidine rings is 1. The predicted octanol–water partition coefficient (Wildman–Crippen LogP) is 3.87. The fraction of sp³-hybridized carbons (Fsp3) is 0.353. The number of benzene rings is 1. The van der Waals surface area contributed by atoms with Crippen LogP contribution in [0.15, 0.2) is 44.4 Å². The summed E-state index contributed by atoms with van der Waals surface area (Å²) in [4.78, 5) is 14.0. The number of nitrogens with zero attached hydrogens (tertiary/aromatic N) is 1. The van der Waals surface area contributed by atoms with Crippen molar-refractivity contribution < 1.29 is 17.6 Å². The molecule has 146 valence electrons. The first kappa shape index (κ1) is 20.2. The Morgan fingerprint density at radius 2 is 1.85 bits per heavy atom. The molecule has 10 heteroatoms. The summed E-state index contributed by atoms with van der Waals surface area (Å²) in [6.45, 7) is 1.44. The highest BCUT2D eigenvalue weighted by Gasteiger charge is 2.25. The highest BCUT2D eigenvalue weighted by atomic mass is 79.9. The number of halogens is 2. The van der Waals surface area contributed by atoms with E-state index < -0.39 is 10.0 Å². The molecule has 6 nitrogen and oxygen atoms in total. The topological polar surface area (TPSA) is 78.5 Å². The third-order valence-electron chi connectivity index (χ3n) is 4.37. The molecule has 1 aliphatic rings. The largest absolute Gasteiger partial charge is 0.325 e. The Morgan fingerprint density at radius 1 is 1.19 bits per heavy atom. The lowest BCUT2D eigenvalue weighted by Gasteiger charge is -2.32. The molecule has 1 saturated heterocycles. The molecule has 0 spiro atoms. The molecule has 2 heterocycles. The lowest BCUT2D eigenvalue weighted by molar-refractivity contribution is 0.183. The van der Waals surface area contributed by atoms with E-state index in [0.29, 0.717) is 38.2 Å². The van der Waals surface area contributed by atoms with Crippen LogP contribution in [0.1, 0.15) is 12.8 Å². The van der Waals surface area contributed by atoms with Crippen LogP contribution in [0.3, 0.4) is 0 Å². The molecule has 0 unspecified atom stereocenters. The van der Waals surface area contributed by atoms with E-state index in [2.05, 4.69) is 26.0 Å². The van der Waals surface area contributed by atoms with E-state index in [4.69, 9.17) is 0 Å². The summed E-state index contributed by atoms with van der Waals surface area (Å²) in [6.07, 6.45) is 1.43. The normalized spacial score (nSPS) is 15.7. The van der Waals surface area contributed by atoms with Crippen LogP contribution in [0.25, 0.3) is 0 Å². The monoisotopic (exact) mass is 475 g/mol. The van der Waals surface area contributed by atoms with Crippen LogP contribution in [0, 0.1) is 11.7 Å². The zero-order chi connectivity index (χ0) is 19.4. The lowest BCUT2D eigenvalue weighted by atomic mass is 9.97. The zero-order valence-electron chi connectivity index (χ0n) is 14.3. The van der Waals surface area contributed by atoms with Crippen molar-refractivity contribution in [1.82, 2.24) is 9.62 Å². The SMILES string of the molecule is O=C(Nc1ccc(F)cc1)N1CCC(CNS(=O)(=O)c2ccc(Br)s2)CC1. The van der Waals surface area contributed by atoms with Crippen LogP contribution < -0.4 is 10.0 Å². The van der Waals surface area contributed by atoms with Crippen LogP contribution in [-0.4, -0.2) is 39.0 Å². The highest BCUT2D eigenvalue weighted by molar-refractivity contribution is 9.11. The Balaban J connectivity index is 1.46. The molecule has 0 saturated carbocycles. The molecule has 0 radical (unpaired) electrons. The third-order valence-corrected chi connectivity index (χ3v) is 7.91. The number of carbonyl (C=O) groups is 1. The van der Waals surface area contributed by atoms with Gasteiger partial charge in [0.15, 0.2) is 0 Å². The van der Waals surface area contributed by atoms with Crippen molar-refractivity contribution in [2.75, 3.05) is 25.0 Å². The highest BCUT2D eigenvalue weighted by Crippen LogP contribution is 2.26. The molecule has 3 rings (SSSR count). The minimum absolute atomic E-state index is 0.179. The van der Waals surface area contributed by atoms with Gasteiger partial charge in [-0.1, -0.05) is 0 Å². The van der Waals surface area contributed by atoms with Crippen molar-refractivity contribution in [2.45, 2.75) is 17.1 Å². The number of hydrogen-bond donors (Lipinski definition) is 2. The molecule has 1 aromatic heterocycles. The second-order valence-electron chi connectivity index (χ2n) is 6.28. The van der Waals surface area contributed by atoms with E-state index in [1.54, 1.807) is 17.0 Å². The van der Waals surface area contributed by atoms with Gasteiger partial charge in [0.05, 0.1) is 3.79 Å². The maximum atomic E-state index is 12.9. The molecular formula is C17H19BrFN3O3S2. The van der Waals surface area contributed by atoms with Gasteiger partial charge in [-0.2, -0.15) is 0 Å². The summed E-state index contributed by atoms with van der Waals surface area (Å²) in [5.74, 6) is -0.177. The van der Waals surface area contributed by atoms with Gasteiger partial charge in [0.2, 0.25) is 10.0 Å². The van der Waals surface area contributed by atoms with Gasteiger partial charge >= 0.3 is 6.03 Å². The number of carbonyl (C=O) groups excluding carboxylic acids is 1. The number of anilines is 1. The van der Waals surface area contributed by atoms with Gasteiger partial charge in [-0.3, -0.25) is 0 Å². The smallest absolute Gasteiger partial charge is 0.321 e. The van der Waals surface area contributed by atoms with Gasteiger partial charge in [0.1, 0.15) is 10.0 Å². The van der Waals surface area contributed by atoms with Crippen LogP contribution in [0.2, 0.25) is 0 Å². The zero-order valence-corrected chi connectivity index (χ0v) is 17.5. The standard InChI is InChI=1S/C17H19BrFN3O3S2/c18-15-5-6-16(26-15)27(24,25)20-11-12-7-9-22(10-8-12)17(23)21-14-3-1-13(19)2-4-14/h1-6,12,20H,7-11H2,(H,21,23). The molecule has 0 atom stereocenters. The number of nitrogens with one attached hydrogen (secondary N) is 2. The maximum Gasteiger partial charge on any atom is 0.321 e. The molecule has 2 amide bonds. The summed E-state index contributed by atoms with van der Waals surface area (Å²) < 4.78 is 41.1. The number of likely N-dealkylation sites (tertiary alicyclic amines) is 1. The number of urea groups is 1. The quantitative estimate of drug-likeness (QED) is 0.688. The van der Waals surface area contributed by atoms with E-state index in [1.165, 1.54) is 35.6 Å². The summed E-state index contributed by atoms with van der Waals surface area (Å²) in [6, 6.07) is 8.65. The van der Waals surface area contributed by atoms with Gasteiger partial charge in [-0.25, -0.2) is 22.3 Å². The van der Waals surface area contributed by atoms with Gasteiger partial charge < -0.3 is 10.2 Å². The molecule has 27 heavy (non-hydrogen) atoms. The van der Waals surface area contributed by atoms with Crippen molar-refractivity contribution in [3.05, 3.63) is 46.0 Å². The number of thiophene rings is 1. The summed E-state index contributed by atoms with van der Waals surface area (Å²) in [5.41, 5.74) is 0.540. The minimum Gasteiger partial charge on any atom is -0.325 e. The number of amides is 2. The number of rotatable bonds is 5. The maximum absolute atomic E-state index is 12.9. The number of sulfonamides is 1. The predicted molar refractivity (Wildman–Crippen MR) is 107 cm³/mol. The first-order valence-corrected chi connectivity index (χ1v) is 11.5. The van der Waals surface area contributed by atoms with Gasteiger partial charge in [0.25, 0.3) is 0 Å². The third kappa shape index (κ3) is 5.50. The molecular weight excluding hydrogens is 457 g/mol. The van der Waals surface area contributed by atoms with Gasteiger partial charge in [-0.15, -0.1) is 11.3 Å². The molecule has 1 fully saturated rings. The van der Waals surface area contributed by atoms with E-state index in [-0.39, 0.29) is 22.0 Å². The molecule has 2 N–H and O–H groups in total. The van der Waals surface area contributed by atoms with Gasteiger partial charge in [0, 0.05) is 25.3 Å². The fourth-order valence-electron chi connectivity index (χ4n) is 2.82. The lowest BCUT2D eigenvalue weighted by Crippen LogP contribution is -2.43. The fourth-order valence-corrected chi connectivity index (χ4v) is 5.99. The average molecular weight is 476 g/mol. The Kier molecular flexibility index (Phi) is 6.51. The molecule has 2 aromatic rings. The molecule has 1 aliphatic heterocycles. The van der Waals surface area contributed by atoms with Crippen LogP contribution in [-0.2, 0) is 10.0 Å². The van der Waals surface area contributed by atoms with E-state index >= 15 is 0 Å². The van der Waals surface area contributed by atoms with E-state index in [9.17, 15) is 17.6 Å². The second kappa shape index (κ2) is 8.68. The molecule has 0 aliphatic carbocycles. The van der Waals surface area contributed by atoms with Crippen molar-refractivity contribution in [3.8, 4) is 0 Å². The minimum atomic E-state index is -3.50. The van der Waals surface area contributed by atoms with Crippen molar-refractivity contribution >= 4 is 49.0 Å². The van der Waals surface area contributed by atoms with Crippen molar-refractivity contribution in [1.29, 1.82) is 0 Å². The summed E-state index contributed by atoms with van der Waals surface area (Å²) >= 11 is 4.43. The van der Waals surface area contributed by atoms with E-state index in [0.717, 1.165) is 3.79 Å². The van der Waals surface area contributed by atoms with E-state index in [1.807, 2.05) is 0 Å². The summed E-state index contributed by atoms with van der Waals surface area (Å²) in [5, 5.41) is 2.74. The Morgan fingerprint density at radius 3 is 2.44 bits per heavy atom. The van der Waals surface area contributed by atoms with Crippen LogP contribution in [0.4, 0.5) is 14.9 Å². The average Bonchev–Trinajstić information content (AvgIpc) is 3.10.